The van der Waals surface area contributed by atoms with E-state index in [-0.39, 0.29) is 44.3 Å². The molecular weight excluding hydrogens is 905 g/mol. The van der Waals surface area contributed by atoms with E-state index in [1.807, 2.05) is 0 Å². The number of nitrogens with two attached hydrogens (primary N) is 6. The van der Waals surface area contributed by atoms with Gasteiger partial charge in [-0.2, -0.15) is 11.8 Å². The van der Waals surface area contributed by atoms with Crippen molar-refractivity contribution in [1.29, 1.82) is 0 Å². The number of aldehydes is 1. The number of primary amides is 1. The lowest BCUT2D eigenvalue weighted by atomic mass is 10.0. The highest BCUT2D eigenvalue weighted by molar-refractivity contribution is 7.98. The summed E-state index contributed by atoms with van der Waals surface area (Å²) >= 11 is 1.39. The average molecular weight is 975 g/mol. The van der Waals surface area contributed by atoms with Crippen LogP contribution in [0.25, 0.3) is 0 Å². The van der Waals surface area contributed by atoms with Crippen molar-refractivity contribution in [3.05, 3.63) is 0 Å². The molecule has 0 saturated heterocycles. The molecule has 9 atom stereocenters. The second-order valence-electron chi connectivity index (χ2n) is 15.5. The van der Waals surface area contributed by atoms with Gasteiger partial charge in [-0.05, 0) is 63.9 Å². The van der Waals surface area contributed by atoms with Gasteiger partial charge < -0.3 is 91.9 Å². The van der Waals surface area contributed by atoms with E-state index in [9.17, 15) is 58.2 Å². The van der Waals surface area contributed by atoms with E-state index >= 15 is 0 Å². The molecular formula is C38H70N16O12S. The SMILES string of the molecule is CSCC[C@H](NC(=O)[C@@H](N)CCCN=C(N)N)C(=O)N[C@@H](C)C(=O)N[C@@H](CC(N)=O)C(=O)N[C@H](C(=O)N[C@@H](CO)C(=O)N[C@H](C(=O)NCC(=O)N[C@H](C=O)CCCN=C(N)N)[C@@H](C)O)C(C)C. The maximum Gasteiger partial charge on any atom is 0.245 e. The smallest absolute Gasteiger partial charge is 0.245 e. The maximum absolute atomic E-state index is 13.5. The summed E-state index contributed by atoms with van der Waals surface area (Å²) in [6, 6.07) is -11.0. The number of rotatable bonds is 33. The molecule has 0 aromatic rings. The van der Waals surface area contributed by atoms with Gasteiger partial charge in [0.05, 0.1) is 37.8 Å². The topological polar surface area (TPSA) is 488 Å². The first-order valence-corrected chi connectivity index (χ1v) is 22.5. The summed E-state index contributed by atoms with van der Waals surface area (Å²) in [6.45, 7) is 4.13. The van der Waals surface area contributed by atoms with Gasteiger partial charge in [0.2, 0.25) is 53.2 Å². The first-order chi connectivity index (χ1) is 31.4. The highest BCUT2D eigenvalue weighted by atomic mass is 32.2. The highest BCUT2D eigenvalue weighted by Gasteiger charge is 2.35. The Bertz CT molecular complexity index is 1750. The van der Waals surface area contributed by atoms with Crippen LogP contribution in [0.1, 0.15) is 66.2 Å². The van der Waals surface area contributed by atoms with Gasteiger partial charge in [0.25, 0.3) is 0 Å². The van der Waals surface area contributed by atoms with Gasteiger partial charge in [-0.1, -0.05) is 13.8 Å². The van der Waals surface area contributed by atoms with Crippen molar-refractivity contribution < 1.29 is 58.2 Å². The van der Waals surface area contributed by atoms with Crippen molar-refractivity contribution in [3.63, 3.8) is 0 Å². The Morgan fingerprint density at radius 3 is 1.66 bits per heavy atom. The van der Waals surface area contributed by atoms with Crippen LogP contribution in [0.3, 0.4) is 0 Å². The Morgan fingerprint density at radius 1 is 0.627 bits per heavy atom. The first kappa shape index (κ1) is 60.7. The van der Waals surface area contributed by atoms with E-state index in [1.54, 1.807) is 6.26 Å². The molecule has 380 valence electrons. The lowest BCUT2D eigenvalue weighted by molar-refractivity contribution is -0.137. The molecule has 0 aliphatic heterocycles. The summed E-state index contributed by atoms with van der Waals surface area (Å²) in [5, 5.41) is 39.0. The van der Waals surface area contributed by atoms with Crippen LogP contribution in [0.5, 0.6) is 0 Å². The number of nitrogens with zero attached hydrogens (tertiary/aromatic N) is 2. The van der Waals surface area contributed by atoms with Crippen LogP contribution < -0.4 is 76.9 Å². The summed E-state index contributed by atoms with van der Waals surface area (Å²) in [4.78, 5) is 136. The molecule has 0 aliphatic rings. The molecule has 22 N–H and O–H groups in total. The number of amides is 9. The third-order valence-corrected chi connectivity index (χ3v) is 10.0. The van der Waals surface area contributed by atoms with Crippen molar-refractivity contribution in [3.8, 4) is 0 Å². The first-order valence-electron chi connectivity index (χ1n) is 21.2. The molecule has 0 fully saturated rings. The number of thioether (sulfide) groups is 1. The number of aliphatic hydroxyl groups is 2. The summed E-state index contributed by atoms with van der Waals surface area (Å²) in [7, 11) is 0. The van der Waals surface area contributed by atoms with Gasteiger partial charge in [0.1, 0.15) is 42.5 Å². The minimum Gasteiger partial charge on any atom is -0.394 e. The van der Waals surface area contributed by atoms with Crippen LogP contribution >= 0.6 is 11.8 Å². The molecule has 28 nitrogen and oxygen atoms in total. The number of nitrogens with one attached hydrogen (secondary N) is 8. The van der Waals surface area contributed by atoms with Gasteiger partial charge in [-0.3, -0.25) is 53.1 Å². The summed E-state index contributed by atoms with van der Waals surface area (Å²) in [5.74, 6) is -9.05. The maximum atomic E-state index is 13.5. The fourth-order valence-corrected chi connectivity index (χ4v) is 6.12. The number of hydrogen-bond donors (Lipinski definition) is 16. The lowest BCUT2D eigenvalue weighted by Gasteiger charge is -2.28. The van der Waals surface area contributed by atoms with E-state index < -0.39 is 133 Å². The van der Waals surface area contributed by atoms with Crippen molar-refractivity contribution >= 4 is 83.1 Å². The van der Waals surface area contributed by atoms with Gasteiger partial charge in [0.15, 0.2) is 11.9 Å². The molecule has 67 heavy (non-hydrogen) atoms. The van der Waals surface area contributed by atoms with Gasteiger partial charge in [0, 0.05) is 13.1 Å². The zero-order valence-corrected chi connectivity index (χ0v) is 39.2. The Kier molecular flexibility index (Phi) is 29.3. The van der Waals surface area contributed by atoms with Crippen LogP contribution in [-0.2, 0) is 47.9 Å². The number of aliphatic imine (C=N–C) groups is 2. The molecule has 0 spiro atoms. The van der Waals surface area contributed by atoms with Gasteiger partial charge in [-0.25, -0.2) is 0 Å². The van der Waals surface area contributed by atoms with E-state index in [4.69, 9.17) is 34.4 Å². The van der Waals surface area contributed by atoms with Crippen LogP contribution in [0, 0.1) is 5.92 Å². The normalized spacial score (nSPS) is 14.9. The Balaban J connectivity index is 5.75. The number of guanidine groups is 2. The Hall–Kier alpha value is -6.33. The van der Waals surface area contributed by atoms with Crippen LogP contribution in [0.4, 0.5) is 0 Å². The third-order valence-electron chi connectivity index (χ3n) is 9.36. The van der Waals surface area contributed by atoms with E-state index in [2.05, 4.69) is 52.5 Å². The molecule has 0 saturated carbocycles. The molecule has 0 radical (unpaired) electrons. The van der Waals surface area contributed by atoms with Gasteiger partial charge in [-0.15, -0.1) is 0 Å². The monoisotopic (exact) mass is 975 g/mol. The van der Waals surface area contributed by atoms with E-state index in [0.717, 1.165) is 6.92 Å². The lowest BCUT2D eigenvalue weighted by Crippen LogP contribution is -2.62. The van der Waals surface area contributed by atoms with Crippen molar-refractivity contribution in [2.45, 2.75) is 121 Å². The fourth-order valence-electron chi connectivity index (χ4n) is 5.65. The largest absolute Gasteiger partial charge is 0.394 e. The summed E-state index contributed by atoms with van der Waals surface area (Å²) < 4.78 is 0. The number of aliphatic hydroxyl groups excluding tert-OH is 2. The fraction of sp³-hybridized carbons (Fsp3) is 0.684. The molecule has 0 aromatic heterocycles. The minimum absolute atomic E-state index is 0.119. The summed E-state index contributed by atoms with van der Waals surface area (Å²) in [5.41, 5.74) is 32.5. The Labute approximate surface area is 392 Å². The third kappa shape index (κ3) is 25.2. The molecule has 0 heterocycles. The quantitative estimate of drug-likeness (QED) is 0.0126. The average Bonchev–Trinajstić information content (AvgIpc) is 3.25. The standard InChI is InChI=1S/C38H70N16O12S/c1-18(2)28(36(66)52-25(17-56)34(64)54-29(20(4)57)35(65)47-15-27(59)49-21(16-55)8-6-11-45-37(41)42)53-33(63)24(14-26(40)58)51-30(60)19(3)48-32(62)23(10-13-67-5)50-31(61)22(39)9-7-12-46-38(43)44/h16,18-25,28-29,56-57H,6-15,17,39H2,1-5H3,(H2,40,58)(H,47,65)(H,48,62)(H,49,59)(H,50,61)(H,51,60)(H,52,66)(H,53,63)(H,54,64)(H4,41,42,45)(H4,43,44,46)/t19-,20+,21-,22-,23-,24-,25-,28-,29-/m0/s1. The van der Waals surface area contributed by atoms with Gasteiger partial charge >= 0.3 is 0 Å². The van der Waals surface area contributed by atoms with Crippen LogP contribution in [0.15, 0.2) is 9.98 Å². The Morgan fingerprint density at radius 2 is 1.15 bits per heavy atom. The summed E-state index contributed by atoms with van der Waals surface area (Å²) in [6.07, 6.45) is 1.20. The minimum atomic E-state index is -1.77. The molecule has 0 bridgehead atoms. The van der Waals surface area contributed by atoms with Crippen molar-refractivity contribution in [2.75, 3.05) is 38.2 Å². The van der Waals surface area contributed by atoms with Crippen LogP contribution in [-0.4, -0.2) is 174 Å². The zero-order chi connectivity index (χ0) is 51.4. The second kappa shape index (κ2) is 32.4. The number of carbonyl (C=O) groups is 10. The number of carbonyl (C=O) groups excluding carboxylic acids is 10. The molecule has 9 amide bonds. The molecule has 0 unspecified atom stereocenters. The van der Waals surface area contributed by atoms with E-state index in [1.165, 1.54) is 32.5 Å². The van der Waals surface area contributed by atoms with Crippen molar-refractivity contribution in [1.82, 2.24) is 42.5 Å². The molecule has 29 heteroatoms. The zero-order valence-electron chi connectivity index (χ0n) is 38.4. The second-order valence-corrected chi connectivity index (χ2v) is 16.5. The predicted octanol–water partition coefficient (Wildman–Crippen LogP) is -8.19. The molecule has 0 aliphatic carbocycles. The highest BCUT2D eigenvalue weighted by Crippen LogP contribution is 2.07. The van der Waals surface area contributed by atoms with E-state index in [0.29, 0.717) is 24.9 Å². The number of hydrogen-bond acceptors (Lipinski definition) is 16. The molecule has 0 aromatic carbocycles. The predicted molar refractivity (Wildman–Crippen MR) is 246 cm³/mol. The molecule has 0 rings (SSSR count). The van der Waals surface area contributed by atoms with Crippen molar-refractivity contribution in [2.24, 2.45) is 50.3 Å². The van der Waals surface area contributed by atoms with Crippen LogP contribution in [0.2, 0.25) is 0 Å².